The average Bonchev–Trinajstić information content (AvgIpc) is 3.36. The molecule has 30 heavy (non-hydrogen) atoms. The van der Waals surface area contributed by atoms with Crippen molar-refractivity contribution in [2.45, 2.75) is 11.8 Å². The number of hydrogen-bond acceptors (Lipinski definition) is 5. The van der Waals surface area contributed by atoms with Gasteiger partial charge in [-0.15, -0.1) is 0 Å². The minimum absolute atomic E-state index is 0.0678. The summed E-state index contributed by atoms with van der Waals surface area (Å²) in [4.78, 5) is 14.2. The normalized spacial score (nSPS) is 15.5. The highest BCUT2D eigenvalue weighted by atomic mass is 35.5. The van der Waals surface area contributed by atoms with Crippen LogP contribution < -0.4 is 0 Å². The van der Waals surface area contributed by atoms with Crippen molar-refractivity contribution in [3.63, 3.8) is 0 Å². The van der Waals surface area contributed by atoms with Gasteiger partial charge in [0, 0.05) is 32.2 Å². The number of rotatable bonds is 4. The lowest BCUT2D eigenvalue weighted by Gasteiger charge is -2.33. The first kappa shape index (κ1) is 20.9. The largest absolute Gasteiger partial charge is 0.460 e. The number of halogens is 2. The number of sulfonamides is 1. The van der Waals surface area contributed by atoms with Crippen molar-refractivity contribution in [1.82, 2.24) is 19.4 Å². The Morgan fingerprint density at radius 1 is 1.10 bits per heavy atom. The number of aromatic amines is 1. The molecule has 158 valence electrons. The molecule has 1 aromatic carbocycles. The number of carbonyl (C=O) groups excluding carboxylic acids is 1. The third kappa shape index (κ3) is 3.85. The van der Waals surface area contributed by atoms with Gasteiger partial charge in [-0.2, -0.15) is 9.40 Å². The van der Waals surface area contributed by atoms with Crippen LogP contribution in [0.3, 0.4) is 0 Å². The van der Waals surface area contributed by atoms with E-state index in [4.69, 9.17) is 27.6 Å². The van der Waals surface area contributed by atoms with E-state index in [0.29, 0.717) is 11.5 Å². The van der Waals surface area contributed by atoms with E-state index in [1.165, 1.54) is 16.4 Å². The molecule has 0 radical (unpaired) electrons. The highest BCUT2D eigenvalue weighted by Gasteiger charge is 2.33. The molecule has 1 N–H and O–H groups in total. The summed E-state index contributed by atoms with van der Waals surface area (Å²) in [6.07, 6.45) is 0. The summed E-state index contributed by atoms with van der Waals surface area (Å²) in [5.74, 6) is 1.06. The van der Waals surface area contributed by atoms with Crippen LogP contribution in [0.25, 0.3) is 11.5 Å². The molecular formula is C19H18Cl2N4O4S. The summed E-state index contributed by atoms with van der Waals surface area (Å²) in [6.45, 7) is 2.54. The first-order valence-corrected chi connectivity index (χ1v) is 11.3. The summed E-state index contributed by atoms with van der Waals surface area (Å²) in [5, 5.41) is 7.00. The molecule has 11 heteroatoms. The van der Waals surface area contributed by atoms with E-state index < -0.39 is 10.0 Å². The fourth-order valence-electron chi connectivity index (χ4n) is 3.29. The maximum absolute atomic E-state index is 13.0. The van der Waals surface area contributed by atoms with Crippen molar-refractivity contribution >= 4 is 39.1 Å². The van der Waals surface area contributed by atoms with E-state index in [0.717, 1.165) is 5.76 Å². The van der Waals surface area contributed by atoms with Crippen LogP contribution in [0.4, 0.5) is 0 Å². The van der Waals surface area contributed by atoms with Gasteiger partial charge in [0.05, 0.1) is 10.0 Å². The Morgan fingerprint density at radius 3 is 2.37 bits per heavy atom. The van der Waals surface area contributed by atoms with E-state index >= 15 is 0 Å². The number of carbonyl (C=O) groups is 1. The minimum atomic E-state index is -3.87. The van der Waals surface area contributed by atoms with E-state index in [9.17, 15) is 13.2 Å². The number of aromatic nitrogens is 2. The van der Waals surface area contributed by atoms with Gasteiger partial charge in [-0.3, -0.25) is 9.89 Å². The minimum Gasteiger partial charge on any atom is -0.460 e. The number of hydrogen-bond donors (Lipinski definition) is 1. The predicted octanol–water partition coefficient (Wildman–Crippen LogP) is 3.43. The van der Waals surface area contributed by atoms with Crippen LogP contribution in [0.5, 0.6) is 0 Å². The van der Waals surface area contributed by atoms with Crippen LogP contribution in [0.1, 0.15) is 16.2 Å². The zero-order valence-electron chi connectivity index (χ0n) is 15.9. The van der Waals surface area contributed by atoms with Crippen molar-refractivity contribution in [3.8, 4) is 11.5 Å². The molecule has 8 nitrogen and oxygen atoms in total. The maximum atomic E-state index is 13.0. The monoisotopic (exact) mass is 468 g/mol. The molecule has 1 fully saturated rings. The van der Waals surface area contributed by atoms with Crippen LogP contribution in [-0.2, 0) is 10.0 Å². The summed E-state index contributed by atoms with van der Waals surface area (Å²) in [7, 11) is -3.87. The topological polar surface area (TPSA) is 99.5 Å². The van der Waals surface area contributed by atoms with E-state index in [1.807, 2.05) is 13.0 Å². The summed E-state index contributed by atoms with van der Waals surface area (Å²) >= 11 is 12.1. The molecule has 1 amide bonds. The van der Waals surface area contributed by atoms with Gasteiger partial charge in [-0.05, 0) is 31.2 Å². The second-order valence-corrected chi connectivity index (χ2v) is 9.51. The summed E-state index contributed by atoms with van der Waals surface area (Å²) < 4.78 is 32.7. The molecule has 0 bridgehead atoms. The molecule has 4 rings (SSSR count). The molecule has 2 aromatic heterocycles. The van der Waals surface area contributed by atoms with Crippen LogP contribution in [0.15, 0.2) is 45.7 Å². The number of piperazine rings is 1. The highest BCUT2D eigenvalue weighted by Crippen LogP contribution is 2.32. The van der Waals surface area contributed by atoms with Gasteiger partial charge in [-0.1, -0.05) is 29.3 Å². The standard InChI is InChI=1S/C19H18Cl2N4O4S/c1-12-5-6-17(29-12)15-11-16(23-22-15)19(26)24-7-9-25(10-8-24)30(27,28)18-13(20)3-2-4-14(18)21/h2-6,11H,7-10H2,1H3,(H,22,23). The maximum Gasteiger partial charge on any atom is 0.274 e. The van der Waals surface area contributed by atoms with Crippen molar-refractivity contribution in [3.05, 3.63) is 57.9 Å². The molecule has 0 saturated carbocycles. The third-order valence-corrected chi connectivity index (χ3v) is 7.70. The lowest BCUT2D eigenvalue weighted by Crippen LogP contribution is -2.50. The SMILES string of the molecule is Cc1ccc(-c2cc(C(=O)N3CCN(S(=O)(=O)c4c(Cl)cccc4Cl)CC3)n[nH]2)o1. The zero-order valence-corrected chi connectivity index (χ0v) is 18.3. The van der Waals surface area contributed by atoms with Gasteiger partial charge >= 0.3 is 0 Å². The summed E-state index contributed by atoms with van der Waals surface area (Å²) in [5.41, 5.74) is 0.838. The number of nitrogens with one attached hydrogen (secondary N) is 1. The Morgan fingerprint density at radius 2 is 1.77 bits per heavy atom. The number of H-pyrrole nitrogens is 1. The number of benzene rings is 1. The smallest absolute Gasteiger partial charge is 0.274 e. The van der Waals surface area contributed by atoms with Crippen LogP contribution in [0, 0.1) is 6.92 Å². The first-order chi connectivity index (χ1) is 14.3. The number of nitrogens with zero attached hydrogens (tertiary/aromatic N) is 3. The predicted molar refractivity (Wildman–Crippen MR) is 112 cm³/mol. The quantitative estimate of drug-likeness (QED) is 0.631. The Hall–Kier alpha value is -2.33. The zero-order chi connectivity index (χ0) is 21.5. The molecule has 0 unspecified atom stereocenters. The lowest BCUT2D eigenvalue weighted by atomic mass is 10.2. The van der Waals surface area contributed by atoms with Crippen molar-refractivity contribution in [2.24, 2.45) is 0 Å². The van der Waals surface area contributed by atoms with E-state index in [1.54, 1.807) is 23.1 Å². The first-order valence-electron chi connectivity index (χ1n) is 9.13. The van der Waals surface area contributed by atoms with Gasteiger partial charge in [0.25, 0.3) is 5.91 Å². The molecular weight excluding hydrogens is 451 g/mol. The Kier molecular flexibility index (Phi) is 5.63. The molecule has 1 aliphatic heterocycles. The van der Waals surface area contributed by atoms with E-state index in [2.05, 4.69) is 10.2 Å². The van der Waals surface area contributed by atoms with Gasteiger partial charge < -0.3 is 9.32 Å². The second kappa shape index (κ2) is 8.07. The second-order valence-electron chi connectivity index (χ2n) is 6.82. The molecule has 0 aliphatic carbocycles. The number of amides is 1. The molecule has 0 atom stereocenters. The lowest BCUT2D eigenvalue weighted by molar-refractivity contribution is 0.0692. The Balaban J connectivity index is 1.46. The molecule has 3 aromatic rings. The van der Waals surface area contributed by atoms with Gasteiger partial charge in [0.2, 0.25) is 10.0 Å². The van der Waals surface area contributed by atoms with Gasteiger partial charge in [-0.25, -0.2) is 8.42 Å². The van der Waals surface area contributed by atoms with Crippen LogP contribution >= 0.6 is 23.2 Å². The third-order valence-electron chi connectivity index (χ3n) is 4.85. The molecule has 3 heterocycles. The van der Waals surface area contributed by atoms with Crippen LogP contribution in [0.2, 0.25) is 10.0 Å². The number of furan rings is 1. The highest BCUT2D eigenvalue weighted by molar-refractivity contribution is 7.89. The van der Waals surface area contributed by atoms with Crippen molar-refractivity contribution in [1.29, 1.82) is 0 Å². The van der Waals surface area contributed by atoms with E-state index in [-0.39, 0.29) is 52.7 Å². The van der Waals surface area contributed by atoms with Crippen molar-refractivity contribution < 1.29 is 17.6 Å². The summed E-state index contributed by atoms with van der Waals surface area (Å²) in [6, 6.07) is 9.78. The van der Waals surface area contributed by atoms with Crippen molar-refractivity contribution in [2.75, 3.05) is 26.2 Å². The number of aryl methyl sites for hydroxylation is 1. The fraction of sp³-hybridized carbons (Fsp3) is 0.263. The molecule has 1 saturated heterocycles. The van der Waals surface area contributed by atoms with Crippen LogP contribution in [-0.4, -0.2) is 59.9 Å². The Bertz CT molecular complexity index is 1180. The van der Waals surface area contributed by atoms with Gasteiger partial charge in [0.1, 0.15) is 16.3 Å². The molecule has 1 aliphatic rings. The Labute approximate surface area is 183 Å². The molecule has 0 spiro atoms. The fourth-order valence-corrected chi connectivity index (χ4v) is 5.80. The average molecular weight is 469 g/mol. The van der Waals surface area contributed by atoms with Gasteiger partial charge in [0.15, 0.2) is 11.5 Å².